The molecule has 1 nitrogen and oxygen atoms in total. The van der Waals surface area contributed by atoms with Gasteiger partial charge in [0.15, 0.2) is 11.6 Å². The van der Waals surface area contributed by atoms with E-state index in [1.807, 2.05) is 24.3 Å². The van der Waals surface area contributed by atoms with E-state index in [1.165, 1.54) is 0 Å². The normalized spacial score (nSPS) is 17.7. The van der Waals surface area contributed by atoms with Crippen molar-refractivity contribution in [3.8, 4) is 0 Å². The maximum atomic E-state index is 14.0. The summed E-state index contributed by atoms with van der Waals surface area (Å²) in [6.45, 7) is 2.22. The van der Waals surface area contributed by atoms with E-state index in [0.29, 0.717) is 17.7 Å². The second-order valence-electron chi connectivity index (χ2n) is 5.04. The molecule has 1 aliphatic heterocycles. The molecule has 0 bridgehead atoms. The van der Waals surface area contributed by atoms with E-state index in [-0.39, 0.29) is 5.92 Å². The fraction of sp³-hybridized carbons (Fsp3) is 0.250. The highest BCUT2D eigenvalue weighted by molar-refractivity contribution is 5.54. The van der Waals surface area contributed by atoms with Gasteiger partial charge < -0.3 is 5.32 Å². The van der Waals surface area contributed by atoms with Crippen LogP contribution in [0.25, 0.3) is 0 Å². The first-order chi connectivity index (χ1) is 9.16. The topological polar surface area (TPSA) is 12.0 Å². The summed E-state index contributed by atoms with van der Waals surface area (Å²) in [5, 5.41) is 3.28. The Balaban J connectivity index is 1.96. The summed E-state index contributed by atoms with van der Waals surface area (Å²) >= 11 is 0. The maximum Gasteiger partial charge on any atom is 0.162 e. The van der Waals surface area contributed by atoms with Gasteiger partial charge in [-0.1, -0.05) is 30.3 Å². The van der Waals surface area contributed by atoms with Gasteiger partial charge in [0.2, 0.25) is 0 Å². The molecule has 0 spiro atoms. The number of anilines is 1. The Morgan fingerprint density at radius 1 is 1.05 bits per heavy atom. The van der Waals surface area contributed by atoms with Crippen molar-refractivity contribution in [2.75, 3.05) is 11.9 Å². The van der Waals surface area contributed by atoms with Gasteiger partial charge in [0.25, 0.3) is 0 Å². The number of para-hydroxylation sites is 1. The molecule has 0 aromatic heterocycles. The van der Waals surface area contributed by atoms with E-state index >= 15 is 0 Å². The number of nitrogens with one attached hydrogen (secondary N) is 1. The van der Waals surface area contributed by atoms with Crippen LogP contribution in [-0.4, -0.2) is 6.54 Å². The van der Waals surface area contributed by atoms with E-state index in [1.54, 1.807) is 19.1 Å². The van der Waals surface area contributed by atoms with Crippen molar-refractivity contribution in [2.45, 2.75) is 19.3 Å². The monoisotopic (exact) mass is 259 g/mol. The zero-order chi connectivity index (χ0) is 13.4. The molecule has 2 aromatic carbocycles. The minimum Gasteiger partial charge on any atom is -0.384 e. The third kappa shape index (κ3) is 2.09. The quantitative estimate of drug-likeness (QED) is 0.815. The van der Waals surface area contributed by atoms with E-state index in [4.69, 9.17) is 0 Å². The van der Waals surface area contributed by atoms with Gasteiger partial charge in [0, 0.05) is 18.2 Å². The second kappa shape index (κ2) is 4.65. The van der Waals surface area contributed by atoms with E-state index < -0.39 is 11.6 Å². The van der Waals surface area contributed by atoms with Crippen molar-refractivity contribution in [3.05, 3.63) is 64.7 Å². The molecular formula is C16H15F2N. The Labute approximate surface area is 111 Å². The van der Waals surface area contributed by atoms with Gasteiger partial charge in [-0.25, -0.2) is 8.78 Å². The van der Waals surface area contributed by atoms with Gasteiger partial charge in [0.1, 0.15) is 0 Å². The van der Waals surface area contributed by atoms with Crippen molar-refractivity contribution in [2.24, 2.45) is 0 Å². The average Bonchev–Trinajstić information content (AvgIpc) is 2.44. The first kappa shape index (κ1) is 12.2. The molecule has 0 radical (unpaired) electrons. The number of benzene rings is 2. The SMILES string of the molecule is Cc1ccc(C2CNc3ccccc3C2)c(F)c1F. The van der Waals surface area contributed by atoms with Gasteiger partial charge >= 0.3 is 0 Å². The first-order valence-electron chi connectivity index (χ1n) is 6.43. The summed E-state index contributed by atoms with van der Waals surface area (Å²) in [5.41, 5.74) is 3.06. The zero-order valence-corrected chi connectivity index (χ0v) is 10.7. The van der Waals surface area contributed by atoms with Crippen LogP contribution in [0.1, 0.15) is 22.6 Å². The molecule has 0 fully saturated rings. The van der Waals surface area contributed by atoms with Crippen LogP contribution in [-0.2, 0) is 6.42 Å². The van der Waals surface area contributed by atoms with Crippen LogP contribution >= 0.6 is 0 Å². The first-order valence-corrected chi connectivity index (χ1v) is 6.43. The molecule has 0 amide bonds. The number of hydrogen-bond donors (Lipinski definition) is 1. The van der Waals surface area contributed by atoms with Crippen molar-refractivity contribution < 1.29 is 8.78 Å². The third-order valence-corrected chi connectivity index (χ3v) is 3.77. The molecule has 98 valence electrons. The van der Waals surface area contributed by atoms with Crippen molar-refractivity contribution >= 4 is 5.69 Å². The highest BCUT2D eigenvalue weighted by Crippen LogP contribution is 2.32. The van der Waals surface area contributed by atoms with Crippen LogP contribution in [0.4, 0.5) is 14.5 Å². The lowest BCUT2D eigenvalue weighted by molar-refractivity contribution is 0.482. The Morgan fingerprint density at radius 3 is 2.68 bits per heavy atom. The molecule has 19 heavy (non-hydrogen) atoms. The minimum atomic E-state index is -0.726. The van der Waals surface area contributed by atoms with E-state index in [2.05, 4.69) is 5.32 Å². The summed E-state index contributed by atoms with van der Waals surface area (Å²) in [6.07, 6.45) is 0.739. The van der Waals surface area contributed by atoms with Crippen LogP contribution in [0.3, 0.4) is 0 Å². The Morgan fingerprint density at radius 2 is 1.84 bits per heavy atom. The fourth-order valence-electron chi connectivity index (χ4n) is 2.64. The predicted octanol–water partition coefficient (Wildman–Crippen LogP) is 4.03. The Hall–Kier alpha value is -1.90. The molecule has 0 saturated heterocycles. The zero-order valence-electron chi connectivity index (χ0n) is 10.7. The Bertz CT molecular complexity index is 622. The van der Waals surface area contributed by atoms with Crippen molar-refractivity contribution in [3.63, 3.8) is 0 Å². The molecule has 1 heterocycles. The lowest BCUT2D eigenvalue weighted by Crippen LogP contribution is -2.22. The highest BCUT2D eigenvalue weighted by Gasteiger charge is 2.23. The number of rotatable bonds is 1. The Kier molecular flexibility index (Phi) is 2.97. The smallest absolute Gasteiger partial charge is 0.162 e. The standard InChI is InChI=1S/C16H15F2N/c1-10-6-7-13(16(18)15(10)17)12-8-11-4-2-3-5-14(11)19-9-12/h2-7,12,19H,8-9H2,1H3. The van der Waals surface area contributed by atoms with Crippen LogP contribution < -0.4 is 5.32 Å². The molecular weight excluding hydrogens is 244 g/mol. The molecule has 2 aromatic rings. The predicted molar refractivity (Wildman–Crippen MR) is 72.5 cm³/mol. The van der Waals surface area contributed by atoms with Crippen LogP contribution in [0.15, 0.2) is 36.4 Å². The van der Waals surface area contributed by atoms with Crippen molar-refractivity contribution in [1.82, 2.24) is 0 Å². The fourth-order valence-corrected chi connectivity index (χ4v) is 2.64. The molecule has 0 aliphatic carbocycles. The molecule has 1 aliphatic rings. The van der Waals surface area contributed by atoms with Gasteiger partial charge in [0.05, 0.1) is 0 Å². The molecule has 0 saturated carbocycles. The van der Waals surface area contributed by atoms with Crippen molar-refractivity contribution in [1.29, 1.82) is 0 Å². The highest BCUT2D eigenvalue weighted by atomic mass is 19.2. The molecule has 1 unspecified atom stereocenters. The van der Waals surface area contributed by atoms with Crippen LogP contribution in [0.5, 0.6) is 0 Å². The number of aryl methyl sites for hydroxylation is 1. The molecule has 1 N–H and O–H groups in total. The van der Waals surface area contributed by atoms with Gasteiger partial charge in [-0.05, 0) is 36.1 Å². The second-order valence-corrected chi connectivity index (χ2v) is 5.04. The largest absolute Gasteiger partial charge is 0.384 e. The summed E-state index contributed by atoms with van der Waals surface area (Å²) in [6, 6.07) is 11.3. The van der Waals surface area contributed by atoms with Gasteiger partial charge in [-0.2, -0.15) is 0 Å². The maximum absolute atomic E-state index is 14.0. The summed E-state index contributed by atoms with van der Waals surface area (Å²) < 4.78 is 27.7. The lowest BCUT2D eigenvalue weighted by atomic mass is 9.87. The summed E-state index contributed by atoms with van der Waals surface area (Å²) in [5.74, 6) is -1.45. The van der Waals surface area contributed by atoms with Crippen LogP contribution in [0.2, 0.25) is 0 Å². The van der Waals surface area contributed by atoms with E-state index in [9.17, 15) is 8.78 Å². The number of hydrogen-bond acceptors (Lipinski definition) is 1. The van der Waals surface area contributed by atoms with Gasteiger partial charge in [-0.15, -0.1) is 0 Å². The lowest BCUT2D eigenvalue weighted by Gasteiger charge is -2.27. The van der Waals surface area contributed by atoms with Gasteiger partial charge in [-0.3, -0.25) is 0 Å². The third-order valence-electron chi connectivity index (χ3n) is 3.77. The average molecular weight is 259 g/mol. The summed E-state index contributed by atoms with van der Waals surface area (Å²) in [4.78, 5) is 0. The number of fused-ring (bicyclic) bond motifs is 1. The summed E-state index contributed by atoms with van der Waals surface area (Å²) in [7, 11) is 0. The van der Waals surface area contributed by atoms with E-state index in [0.717, 1.165) is 17.7 Å². The van der Waals surface area contributed by atoms with Crippen LogP contribution in [0, 0.1) is 18.6 Å². The molecule has 1 atom stereocenters. The minimum absolute atomic E-state index is 0.0231. The molecule has 3 rings (SSSR count). The number of halogens is 2. The molecule has 3 heteroatoms.